The molecule has 0 spiro atoms. The van der Waals surface area contributed by atoms with Gasteiger partial charge in [-0.1, -0.05) is 37.6 Å². The Kier molecular flexibility index (Phi) is 22.2. The minimum absolute atomic E-state index is 0. The van der Waals surface area contributed by atoms with Crippen molar-refractivity contribution in [1.29, 1.82) is 0 Å². The molecule has 74 heavy (non-hydrogen) atoms. The number of likely N-dealkylation sites (tertiary alicyclic amines) is 1. The summed E-state index contributed by atoms with van der Waals surface area (Å²) in [6.07, 6.45) is 5.18. The third-order valence-electron chi connectivity index (χ3n) is 12.5. The number of imide groups is 1. The van der Waals surface area contributed by atoms with Crippen LogP contribution in [0.25, 0.3) is 10.9 Å². The lowest BCUT2D eigenvalue weighted by atomic mass is 10.0. The summed E-state index contributed by atoms with van der Waals surface area (Å²) >= 11 is 0. The smallest absolute Gasteiger partial charge is 0.410 e. The molecule has 2 aliphatic rings. The number of halogens is 1. The molecule has 0 aliphatic carbocycles. The molecule has 0 saturated carbocycles. The van der Waals surface area contributed by atoms with E-state index in [1.165, 1.54) is 26.7 Å². The number of carbonyl (C=O) groups excluding carboxylic acids is 7. The number of ether oxygens (including phenoxy) is 1. The monoisotopic (exact) mass is 1070 g/mol. The highest BCUT2D eigenvalue weighted by Gasteiger charge is 2.30. The van der Waals surface area contributed by atoms with Crippen LogP contribution in [-0.4, -0.2) is 128 Å². The van der Waals surface area contributed by atoms with Crippen molar-refractivity contribution in [1.82, 2.24) is 45.3 Å². The fourth-order valence-corrected chi connectivity index (χ4v) is 8.49. The molecule has 26 heteroatoms. The molecule has 2 atom stereocenters. The highest BCUT2D eigenvalue weighted by atomic mass is 32.1. The van der Waals surface area contributed by atoms with E-state index in [0.29, 0.717) is 61.2 Å². The van der Waals surface area contributed by atoms with Gasteiger partial charge in [-0.05, 0) is 68.4 Å². The van der Waals surface area contributed by atoms with Crippen molar-refractivity contribution >= 4 is 96.9 Å². The van der Waals surface area contributed by atoms with Crippen LogP contribution in [0.2, 0.25) is 0 Å². The van der Waals surface area contributed by atoms with E-state index in [1.54, 1.807) is 46.9 Å². The largest absolute Gasteiger partial charge is 0.477 e. The second-order valence-electron chi connectivity index (χ2n) is 17.9. The molecule has 2 aromatic heterocycles. The van der Waals surface area contributed by atoms with Crippen molar-refractivity contribution in [3.05, 3.63) is 81.7 Å². The van der Waals surface area contributed by atoms with Gasteiger partial charge in [-0.25, -0.2) is 23.5 Å². The number of primary amides is 1. The summed E-state index contributed by atoms with van der Waals surface area (Å²) in [6, 6.07) is 6.97. The molecule has 2 fully saturated rings. The molecule has 23 nitrogen and oxygen atoms in total. The van der Waals surface area contributed by atoms with Gasteiger partial charge in [0.2, 0.25) is 35.0 Å². The van der Waals surface area contributed by atoms with Gasteiger partial charge in [0.25, 0.3) is 0 Å². The van der Waals surface area contributed by atoms with Gasteiger partial charge in [-0.2, -0.15) is 27.0 Å². The molecule has 0 radical (unpaired) electrons. The number of rotatable bonds is 23. The van der Waals surface area contributed by atoms with Gasteiger partial charge >= 0.3 is 18.1 Å². The highest BCUT2D eigenvalue weighted by Crippen LogP contribution is 2.28. The third-order valence-corrected chi connectivity index (χ3v) is 12.5. The summed E-state index contributed by atoms with van der Waals surface area (Å²) in [5.74, 6) is -3.83. The van der Waals surface area contributed by atoms with Crippen LogP contribution < -0.4 is 37.3 Å². The SMILES string of the molecule is CCn1cc(C(=O)O)c(=O)c2cc(F)c(N3CCN(C(=O)OCc4ccc(NC(=O)[C@H](CCCNC(N)=O)n5cc([C@@H](NC(=O)CNC(=O)CCCCCN6C(=O)CCC6=O)C(C)C)nn5)cc4)CC3)cc21.S.S. The molecule has 7 N–H and O–H groups in total. The number of carboxylic acid groups (broad SMARTS) is 1. The van der Waals surface area contributed by atoms with Crippen LogP contribution in [0.5, 0.6) is 0 Å². The summed E-state index contributed by atoms with van der Waals surface area (Å²) < 4.78 is 23.9. The van der Waals surface area contributed by atoms with E-state index in [4.69, 9.17) is 10.5 Å². The predicted molar refractivity (Wildman–Crippen MR) is 280 cm³/mol. The van der Waals surface area contributed by atoms with Crippen LogP contribution in [0.15, 0.2) is 53.6 Å². The number of nitrogens with one attached hydrogen (secondary N) is 4. The number of aromatic carboxylic acids is 1. The molecule has 402 valence electrons. The van der Waals surface area contributed by atoms with Gasteiger partial charge < -0.3 is 51.2 Å². The number of benzene rings is 2. The zero-order valence-electron chi connectivity index (χ0n) is 41.5. The maximum atomic E-state index is 15.4. The van der Waals surface area contributed by atoms with E-state index >= 15 is 4.39 Å². The first kappa shape index (κ1) is 59.3. The van der Waals surface area contributed by atoms with Crippen molar-refractivity contribution in [2.45, 2.75) is 97.4 Å². The van der Waals surface area contributed by atoms with Crippen LogP contribution in [0.1, 0.15) is 106 Å². The number of hydrogen-bond donors (Lipinski definition) is 6. The highest BCUT2D eigenvalue weighted by molar-refractivity contribution is 7.59. The van der Waals surface area contributed by atoms with Crippen LogP contribution in [0.3, 0.4) is 0 Å². The Bertz CT molecular complexity index is 2720. The zero-order valence-corrected chi connectivity index (χ0v) is 43.5. The summed E-state index contributed by atoms with van der Waals surface area (Å²) in [5, 5.41) is 28.8. The standard InChI is InChI=1S/C48H61FN12O11.2H2S/c1-4-57-26-33(46(68)69)44(66)32-23-34(49)38(24-37(32)57)58-19-21-59(22-20-58)48(71)72-28-30-11-13-31(14-12-30)53-45(67)36(9-8-17-51-47(50)70)61-27-35(55-56-61)43(29(2)3)54-40(63)25-52-39(62)10-6-5-7-18-60-41(64)15-16-42(60)65;;/h11-14,23-24,26-27,29,36,43H,4-10,15-22,25,28H2,1-3H3,(H,52,62)(H,53,67)(H,54,63)(H,68,69)(H3,50,51,70);2*1H2/t36-,43-;;/m0../s1. The number of nitrogens with zero attached hydrogens (tertiary/aromatic N) is 7. The zero-order chi connectivity index (χ0) is 52.1. The number of fused-ring (bicyclic) bond motifs is 1. The van der Waals surface area contributed by atoms with Crippen molar-refractivity contribution in [2.24, 2.45) is 11.7 Å². The molecule has 6 rings (SSSR count). The van der Waals surface area contributed by atoms with Crippen molar-refractivity contribution in [3.8, 4) is 0 Å². The Hall–Kier alpha value is -7.22. The Morgan fingerprint density at radius 3 is 2.20 bits per heavy atom. The molecular formula is C48H65FN12O11S2. The number of urea groups is 1. The number of piperazine rings is 1. The number of nitrogens with two attached hydrogens (primary N) is 1. The van der Waals surface area contributed by atoms with Crippen LogP contribution >= 0.6 is 27.0 Å². The number of hydrogen-bond acceptors (Lipinski definition) is 13. The first-order chi connectivity index (χ1) is 34.4. The van der Waals surface area contributed by atoms with Crippen LogP contribution in [0, 0.1) is 11.7 Å². The average Bonchev–Trinajstić information content (AvgIpc) is 3.96. The Labute approximate surface area is 439 Å². The molecule has 2 aliphatic heterocycles. The lowest BCUT2D eigenvalue weighted by Gasteiger charge is -2.35. The normalized spacial score (nSPS) is 14.2. The quantitative estimate of drug-likeness (QED) is 0.0459. The summed E-state index contributed by atoms with van der Waals surface area (Å²) in [6.45, 7) is 7.00. The lowest BCUT2D eigenvalue weighted by Crippen LogP contribution is -2.49. The molecular weight excluding hydrogens is 1000 g/mol. The number of amides is 8. The van der Waals surface area contributed by atoms with E-state index in [0.717, 1.165) is 6.07 Å². The van der Waals surface area contributed by atoms with E-state index in [-0.39, 0.29) is 133 Å². The van der Waals surface area contributed by atoms with Crippen molar-refractivity contribution in [3.63, 3.8) is 0 Å². The van der Waals surface area contributed by atoms with Crippen molar-refractivity contribution < 1.29 is 52.6 Å². The fraction of sp³-hybridized carbons (Fsp3) is 0.479. The van der Waals surface area contributed by atoms with Gasteiger partial charge in [-0.3, -0.25) is 33.7 Å². The number of pyridine rings is 1. The van der Waals surface area contributed by atoms with Gasteiger partial charge in [0, 0.05) is 82.3 Å². The Morgan fingerprint density at radius 2 is 1.57 bits per heavy atom. The lowest BCUT2D eigenvalue weighted by molar-refractivity contribution is -0.138. The maximum absolute atomic E-state index is 15.4. The number of aryl methyl sites for hydroxylation is 1. The molecule has 2 aromatic carbocycles. The second kappa shape index (κ2) is 27.7. The topological polar surface area (TPSA) is 303 Å². The van der Waals surface area contributed by atoms with E-state index in [9.17, 15) is 48.3 Å². The first-order valence-electron chi connectivity index (χ1n) is 23.9. The van der Waals surface area contributed by atoms with E-state index in [1.807, 2.05) is 13.8 Å². The molecule has 4 aromatic rings. The Balaban J connectivity index is 0.00000593. The Morgan fingerprint density at radius 1 is 0.878 bits per heavy atom. The number of carbonyl (C=O) groups is 8. The number of anilines is 2. The minimum Gasteiger partial charge on any atom is -0.477 e. The number of carboxylic acids is 1. The van der Waals surface area contributed by atoms with Crippen LogP contribution in [-0.2, 0) is 41.9 Å². The maximum Gasteiger partial charge on any atom is 0.410 e. The number of aromatic nitrogens is 4. The number of unbranched alkanes of at least 4 members (excludes halogenated alkanes) is 2. The summed E-state index contributed by atoms with van der Waals surface area (Å²) in [7, 11) is 0. The summed E-state index contributed by atoms with van der Waals surface area (Å²) in [4.78, 5) is 116. The fourth-order valence-electron chi connectivity index (χ4n) is 8.49. The summed E-state index contributed by atoms with van der Waals surface area (Å²) in [5.41, 5.74) is 6.07. The van der Waals surface area contributed by atoms with Crippen molar-refractivity contribution in [2.75, 3.05) is 56.0 Å². The first-order valence-corrected chi connectivity index (χ1v) is 23.9. The molecule has 2 saturated heterocycles. The van der Waals surface area contributed by atoms with Gasteiger partial charge in [-0.15, -0.1) is 5.10 Å². The van der Waals surface area contributed by atoms with Gasteiger partial charge in [0.1, 0.15) is 29.7 Å². The predicted octanol–water partition coefficient (Wildman–Crippen LogP) is 3.40. The second-order valence-corrected chi connectivity index (χ2v) is 17.9. The molecule has 0 unspecified atom stereocenters. The molecule has 0 bridgehead atoms. The molecule has 8 amide bonds. The third kappa shape index (κ3) is 15.6. The van der Waals surface area contributed by atoms with Gasteiger partial charge in [0.15, 0.2) is 0 Å². The average molecular weight is 1070 g/mol. The van der Waals surface area contributed by atoms with E-state index in [2.05, 4.69) is 31.6 Å². The van der Waals surface area contributed by atoms with E-state index < -0.39 is 58.8 Å². The van der Waals surface area contributed by atoms with Crippen LogP contribution in [0.4, 0.5) is 25.4 Å². The van der Waals surface area contributed by atoms with Gasteiger partial charge in [0.05, 0.1) is 30.0 Å². The minimum atomic E-state index is -1.39. The molecule has 4 heterocycles.